The molecule has 0 spiro atoms. The summed E-state index contributed by atoms with van der Waals surface area (Å²) in [5.41, 5.74) is 0. The lowest BCUT2D eigenvalue weighted by molar-refractivity contribution is 0.592. The highest BCUT2D eigenvalue weighted by molar-refractivity contribution is 14.1. The summed E-state index contributed by atoms with van der Waals surface area (Å²) in [6.07, 6.45) is 1.10. The molecule has 0 aliphatic rings. The number of rotatable bonds is 1. The summed E-state index contributed by atoms with van der Waals surface area (Å²) in [5.74, 6) is -0.648. The number of halogens is 3. The van der Waals surface area contributed by atoms with E-state index in [1.54, 1.807) is 22.6 Å². The lowest BCUT2D eigenvalue weighted by Gasteiger charge is -1.96. The second-order valence-electron chi connectivity index (χ2n) is 1.87. The van der Waals surface area contributed by atoms with E-state index in [0.29, 0.717) is 0 Å². The highest BCUT2D eigenvalue weighted by Crippen LogP contribution is 2.16. The molecule has 1 aromatic heterocycles. The van der Waals surface area contributed by atoms with Crippen LogP contribution in [0.2, 0.25) is 0 Å². The van der Waals surface area contributed by atoms with Gasteiger partial charge in [-0.1, -0.05) is 0 Å². The molecule has 0 aliphatic carbocycles. The van der Waals surface area contributed by atoms with Crippen LogP contribution in [0.1, 0.15) is 0 Å². The first-order chi connectivity index (χ1) is 5.41. The van der Waals surface area contributed by atoms with Gasteiger partial charge in [-0.05, 0) is 22.6 Å². The minimum atomic E-state index is -3.92. The molecule has 0 amide bonds. The van der Waals surface area contributed by atoms with Crippen molar-refractivity contribution in [3.63, 3.8) is 0 Å². The summed E-state index contributed by atoms with van der Waals surface area (Å²) >= 11 is 1.69. The predicted molar refractivity (Wildman–Crippen MR) is 50.0 cm³/mol. The van der Waals surface area contributed by atoms with Gasteiger partial charge >= 0.3 is 0 Å². The van der Waals surface area contributed by atoms with Crippen molar-refractivity contribution in [3.8, 4) is 0 Å². The molecule has 0 saturated carbocycles. The van der Waals surface area contributed by atoms with E-state index in [1.807, 2.05) is 0 Å². The highest BCUT2D eigenvalue weighted by atomic mass is 127. The first kappa shape index (κ1) is 10.1. The van der Waals surface area contributed by atoms with Crippen molar-refractivity contribution in [1.29, 1.82) is 0 Å². The zero-order valence-corrected chi connectivity index (χ0v) is 9.19. The van der Waals surface area contributed by atoms with Crippen molar-refractivity contribution in [2.75, 3.05) is 0 Å². The topological polar surface area (TPSA) is 47.0 Å². The van der Waals surface area contributed by atoms with Crippen LogP contribution in [0.4, 0.5) is 4.39 Å². The zero-order valence-electron chi connectivity index (χ0n) is 5.46. The third-order valence-corrected chi connectivity index (χ3v) is 3.02. The summed E-state index contributed by atoms with van der Waals surface area (Å²) < 4.78 is 34.2. The molecule has 1 aromatic rings. The standard InChI is InChI=1S/C5H2ClFINO2S/c6-12(10,11)5-1-3(7)4(8)2-9-5/h1-2H. The van der Waals surface area contributed by atoms with Crippen molar-refractivity contribution in [2.45, 2.75) is 5.03 Å². The van der Waals surface area contributed by atoms with Crippen molar-refractivity contribution < 1.29 is 12.8 Å². The Morgan fingerprint density at radius 3 is 2.58 bits per heavy atom. The van der Waals surface area contributed by atoms with Crippen molar-refractivity contribution in [3.05, 3.63) is 21.7 Å². The molecule has 0 radical (unpaired) electrons. The van der Waals surface area contributed by atoms with Gasteiger partial charge in [0.2, 0.25) is 0 Å². The Morgan fingerprint density at radius 1 is 1.58 bits per heavy atom. The fourth-order valence-electron chi connectivity index (χ4n) is 0.530. The molecule has 1 heterocycles. The zero-order chi connectivity index (χ0) is 9.35. The largest absolute Gasteiger partial charge is 0.278 e. The summed E-state index contributed by atoms with van der Waals surface area (Å²) in [6.45, 7) is 0. The van der Waals surface area contributed by atoms with E-state index in [-0.39, 0.29) is 3.57 Å². The summed E-state index contributed by atoms with van der Waals surface area (Å²) in [5, 5.41) is -0.470. The van der Waals surface area contributed by atoms with Crippen molar-refractivity contribution in [2.24, 2.45) is 0 Å². The molecule has 66 valence electrons. The Kier molecular flexibility index (Phi) is 2.89. The Bertz CT molecular complexity index is 408. The fourth-order valence-corrected chi connectivity index (χ4v) is 1.50. The maximum Gasteiger partial charge on any atom is 0.278 e. The Morgan fingerprint density at radius 2 is 2.17 bits per heavy atom. The van der Waals surface area contributed by atoms with Crippen LogP contribution >= 0.6 is 33.3 Å². The minimum Gasteiger partial charge on any atom is -0.242 e. The van der Waals surface area contributed by atoms with E-state index >= 15 is 0 Å². The number of hydrogen-bond acceptors (Lipinski definition) is 3. The smallest absolute Gasteiger partial charge is 0.242 e. The highest BCUT2D eigenvalue weighted by Gasteiger charge is 2.13. The van der Waals surface area contributed by atoms with E-state index in [2.05, 4.69) is 4.98 Å². The van der Waals surface area contributed by atoms with Crippen LogP contribution in [0, 0.1) is 9.39 Å². The van der Waals surface area contributed by atoms with Crippen LogP contribution in [0.5, 0.6) is 0 Å². The third-order valence-electron chi connectivity index (χ3n) is 1.03. The van der Waals surface area contributed by atoms with Crippen LogP contribution in [0.3, 0.4) is 0 Å². The van der Waals surface area contributed by atoms with Gasteiger partial charge in [-0.15, -0.1) is 0 Å². The number of aromatic nitrogens is 1. The molecule has 1 rings (SSSR count). The third kappa shape index (κ3) is 2.27. The molecule has 3 nitrogen and oxygen atoms in total. The maximum atomic E-state index is 12.7. The molecule has 0 N–H and O–H groups in total. The number of nitrogens with zero attached hydrogens (tertiary/aromatic N) is 1. The SMILES string of the molecule is O=S(=O)(Cl)c1cc(F)c(I)cn1. The first-order valence-electron chi connectivity index (χ1n) is 2.67. The Balaban J connectivity index is 3.33. The van der Waals surface area contributed by atoms with Crippen LogP contribution in [0.15, 0.2) is 17.3 Å². The molecule has 0 aliphatic heterocycles. The Labute approximate surface area is 86.5 Å². The van der Waals surface area contributed by atoms with Crippen LogP contribution in [0.25, 0.3) is 0 Å². The molecular weight excluding hydrogens is 319 g/mol. The van der Waals surface area contributed by atoms with Crippen LogP contribution in [-0.2, 0) is 9.05 Å². The van der Waals surface area contributed by atoms with E-state index in [9.17, 15) is 12.8 Å². The minimum absolute atomic E-state index is 0.247. The summed E-state index contributed by atoms with van der Waals surface area (Å²) in [4.78, 5) is 3.44. The van der Waals surface area contributed by atoms with E-state index in [0.717, 1.165) is 12.3 Å². The Hall–Kier alpha value is 0.0500. The van der Waals surface area contributed by atoms with Gasteiger partial charge in [0, 0.05) is 22.9 Å². The molecule has 0 bridgehead atoms. The molecule has 7 heteroatoms. The monoisotopic (exact) mass is 321 g/mol. The maximum absolute atomic E-state index is 12.7. The number of hydrogen-bond donors (Lipinski definition) is 0. The van der Waals surface area contributed by atoms with Gasteiger partial charge in [-0.2, -0.15) is 0 Å². The second-order valence-corrected chi connectivity index (χ2v) is 5.55. The predicted octanol–water partition coefficient (Wildman–Crippen LogP) is 1.75. The van der Waals surface area contributed by atoms with E-state index in [4.69, 9.17) is 10.7 Å². The summed E-state index contributed by atoms with van der Waals surface area (Å²) in [6, 6.07) is 0.782. The van der Waals surface area contributed by atoms with Crippen LogP contribution in [-0.4, -0.2) is 13.4 Å². The molecule has 12 heavy (non-hydrogen) atoms. The normalized spacial score (nSPS) is 11.6. The lowest BCUT2D eigenvalue weighted by atomic mass is 10.5. The average molecular weight is 321 g/mol. The van der Waals surface area contributed by atoms with E-state index < -0.39 is 19.9 Å². The van der Waals surface area contributed by atoms with Gasteiger partial charge in [0.25, 0.3) is 9.05 Å². The van der Waals surface area contributed by atoms with Crippen molar-refractivity contribution in [1.82, 2.24) is 4.98 Å². The number of pyridine rings is 1. The molecule has 0 fully saturated rings. The van der Waals surface area contributed by atoms with Gasteiger partial charge in [-0.3, -0.25) is 0 Å². The molecule has 0 aromatic carbocycles. The molecule has 0 saturated heterocycles. The average Bonchev–Trinajstić information content (AvgIpc) is 1.92. The van der Waals surface area contributed by atoms with Crippen LogP contribution < -0.4 is 0 Å². The lowest BCUT2D eigenvalue weighted by Crippen LogP contribution is -1.96. The molecular formula is C5H2ClFINO2S. The van der Waals surface area contributed by atoms with Gasteiger partial charge in [0.1, 0.15) is 5.82 Å². The molecule has 0 unspecified atom stereocenters. The van der Waals surface area contributed by atoms with Gasteiger partial charge in [-0.25, -0.2) is 17.8 Å². The van der Waals surface area contributed by atoms with Gasteiger partial charge in [0.15, 0.2) is 5.03 Å². The first-order valence-corrected chi connectivity index (χ1v) is 6.06. The summed E-state index contributed by atoms with van der Waals surface area (Å²) in [7, 11) is 0.999. The van der Waals surface area contributed by atoms with E-state index in [1.165, 1.54) is 0 Å². The van der Waals surface area contributed by atoms with Crippen molar-refractivity contribution >= 4 is 42.3 Å². The fraction of sp³-hybridized carbons (Fsp3) is 0. The quantitative estimate of drug-likeness (QED) is 0.585. The van der Waals surface area contributed by atoms with Gasteiger partial charge in [0.05, 0.1) is 3.57 Å². The molecule has 0 atom stereocenters. The second kappa shape index (κ2) is 3.43. The van der Waals surface area contributed by atoms with Gasteiger partial charge < -0.3 is 0 Å².